The zero-order valence-corrected chi connectivity index (χ0v) is 15.2. The highest BCUT2D eigenvalue weighted by atomic mass is 16.6. The maximum atomic E-state index is 12.2. The molecule has 0 unspecified atom stereocenters. The molecule has 2 amide bonds. The van der Waals surface area contributed by atoms with Crippen LogP contribution in [0, 0.1) is 0 Å². The van der Waals surface area contributed by atoms with Crippen LogP contribution in [0.2, 0.25) is 0 Å². The van der Waals surface area contributed by atoms with Crippen LogP contribution in [0.4, 0.5) is 10.5 Å². The van der Waals surface area contributed by atoms with E-state index in [1.54, 1.807) is 11.8 Å². The van der Waals surface area contributed by atoms with E-state index in [-0.39, 0.29) is 18.1 Å². The lowest BCUT2D eigenvalue weighted by molar-refractivity contribution is -0.117. The minimum atomic E-state index is -0.282. The van der Waals surface area contributed by atoms with Gasteiger partial charge in [0.1, 0.15) is 5.75 Å². The molecule has 1 fully saturated rings. The van der Waals surface area contributed by atoms with Gasteiger partial charge >= 0.3 is 6.09 Å². The first-order valence-corrected chi connectivity index (χ1v) is 8.68. The SMILES string of the molecule is CCOC(=O)N1CCN(CC(=O)Nc2ccc(OC(C)C)cc2)CC1. The standard InChI is InChI=1S/C18H27N3O4/c1-4-24-18(23)21-11-9-20(10-12-21)13-17(22)19-15-5-7-16(8-6-15)25-14(2)3/h5-8,14H,4,9-13H2,1-3H3,(H,19,22). The summed E-state index contributed by atoms with van der Waals surface area (Å²) in [6.07, 6.45) is -0.163. The normalized spacial score (nSPS) is 15.1. The average Bonchev–Trinajstić information content (AvgIpc) is 2.57. The summed E-state index contributed by atoms with van der Waals surface area (Å²) in [6, 6.07) is 7.34. The number of hydrogen-bond donors (Lipinski definition) is 1. The summed E-state index contributed by atoms with van der Waals surface area (Å²) < 4.78 is 10.6. The summed E-state index contributed by atoms with van der Waals surface area (Å²) >= 11 is 0. The minimum absolute atomic E-state index is 0.0675. The fourth-order valence-corrected chi connectivity index (χ4v) is 2.60. The molecule has 1 N–H and O–H groups in total. The predicted octanol–water partition coefficient (Wildman–Crippen LogP) is 2.19. The van der Waals surface area contributed by atoms with Crippen LogP contribution in [0.3, 0.4) is 0 Å². The Morgan fingerprint density at radius 3 is 2.32 bits per heavy atom. The fourth-order valence-electron chi connectivity index (χ4n) is 2.60. The highest BCUT2D eigenvalue weighted by molar-refractivity contribution is 5.92. The average molecular weight is 349 g/mol. The molecule has 25 heavy (non-hydrogen) atoms. The summed E-state index contributed by atoms with van der Waals surface area (Å²) in [5.74, 6) is 0.713. The largest absolute Gasteiger partial charge is 0.491 e. The van der Waals surface area contributed by atoms with Gasteiger partial charge in [-0.25, -0.2) is 4.79 Å². The number of carbonyl (C=O) groups excluding carboxylic acids is 2. The Labute approximate surface area is 148 Å². The Hall–Kier alpha value is -2.28. The number of benzene rings is 1. The van der Waals surface area contributed by atoms with Gasteiger partial charge in [0.2, 0.25) is 5.91 Å². The molecule has 0 spiro atoms. The van der Waals surface area contributed by atoms with Crippen molar-refractivity contribution in [2.45, 2.75) is 26.9 Å². The number of piperazine rings is 1. The number of nitrogens with zero attached hydrogens (tertiary/aromatic N) is 2. The van der Waals surface area contributed by atoms with E-state index in [4.69, 9.17) is 9.47 Å². The van der Waals surface area contributed by atoms with Crippen molar-refractivity contribution in [1.29, 1.82) is 0 Å². The molecule has 1 aliphatic heterocycles. The third kappa shape index (κ3) is 6.26. The van der Waals surface area contributed by atoms with Crippen LogP contribution >= 0.6 is 0 Å². The maximum absolute atomic E-state index is 12.2. The molecule has 0 bridgehead atoms. The molecule has 0 atom stereocenters. The van der Waals surface area contributed by atoms with Gasteiger partial charge in [0, 0.05) is 31.9 Å². The van der Waals surface area contributed by atoms with Crippen molar-refractivity contribution >= 4 is 17.7 Å². The summed E-state index contributed by atoms with van der Waals surface area (Å²) in [4.78, 5) is 27.5. The van der Waals surface area contributed by atoms with Crippen molar-refractivity contribution in [3.05, 3.63) is 24.3 Å². The van der Waals surface area contributed by atoms with Crippen molar-refractivity contribution in [1.82, 2.24) is 9.80 Å². The van der Waals surface area contributed by atoms with Crippen LogP contribution in [-0.4, -0.2) is 67.2 Å². The summed E-state index contributed by atoms with van der Waals surface area (Å²) in [6.45, 7) is 8.89. The molecule has 0 aliphatic carbocycles. The van der Waals surface area contributed by atoms with Gasteiger partial charge in [0.05, 0.1) is 19.3 Å². The molecular formula is C18H27N3O4. The van der Waals surface area contributed by atoms with E-state index in [1.165, 1.54) is 0 Å². The molecular weight excluding hydrogens is 322 g/mol. The Balaban J connectivity index is 1.75. The second-order valence-corrected chi connectivity index (χ2v) is 6.20. The van der Waals surface area contributed by atoms with Crippen LogP contribution in [0.1, 0.15) is 20.8 Å². The van der Waals surface area contributed by atoms with Crippen molar-refractivity contribution in [3.8, 4) is 5.75 Å². The van der Waals surface area contributed by atoms with Crippen LogP contribution < -0.4 is 10.1 Å². The topological polar surface area (TPSA) is 71.1 Å². The van der Waals surface area contributed by atoms with E-state index in [9.17, 15) is 9.59 Å². The predicted molar refractivity (Wildman–Crippen MR) is 95.9 cm³/mol. The number of hydrogen-bond acceptors (Lipinski definition) is 5. The zero-order chi connectivity index (χ0) is 18.2. The van der Waals surface area contributed by atoms with Crippen LogP contribution in [0.15, 0.2) is 24.3 Å². The first-order chi connectivity index (χ1) is 12.0. The van der Waals surface area contributed by atoms with Gasteiger partial charge < -0.3 is 19.7 Å². The van der Waals surface area contributed by atoms with E-state index in [2.05, 4.69) is 5.32 Å². The third-order valence-electron chi connectivity index (χ3n) is 3.78. The number of ether oxygens (including phenoxy) is 2. The number of rotatable bonds is 6. The second-order valence-electron chi connectivity index (χ2n) is 6.20. The first-order valence-electron chi connectivity index (χ1n) is 8.68. The van der Waals surface area contributed by atoms with Gasteiger partial charge in [0.15, 0.2) is 0 Å². The van der Waals surface area contributed by atoms with Gasteiger partial charge in [-0.2, -0.15) is 0 Å². The molecule has 1 aromatic carbocycles. The Bertz CT molecular complexity index is 566. The molecule has 2 rings (SSSR count). The van der Waals surface area contributed by atoms with Crippen molar-refractivity contribution in [3.63, 3.8) is 0 Å². The lowest BCUT2D eigenvalue weighted by Crippen LogP contribution is -2.50. The van der Waals surface area contributed by atoms with Gasteiger partial charge in [0.25, 0.3) is 0 Å². The number of anilines is 1. The van der Waals surface area contributed by atoms with Crippen molar-refractivity contribution < 1.29 is 19.1 Å². The van der Waals surface area contributed by atoms with Crippen LogP contribution in [-0.2, 0) is 9.53 Å². The Morgan fingerprint density at radius 1 is 1.12 bits per heavy atom. The highest BCUT2D eigenvalue weighted by Crippen LogP contribution is 2.17. The summed E-state index contributed by atoms with van der Waals surface area (Å²) in [5.41, 5.74) is 0.742. The smallest absolute Gasteiger partial charge is 0.409 e. The lowest BCUT2D eigenvalue weighted by Gasteiger charge is -2.33. The molecule has 1 heterocycles. The minimum Gasteiger partial charge on any atom is -0.491 e. The van der Waals surface area contributed by atoms with E-state index < -0.39 is 0 Å². The van der Waals surface area contributed by atoms with E-state index >= 15 is 0 Å². The number of nitrogens with one attached hydrogen (secondary N) is 1. The van der Waals surface area contributed by atoms with Crippen molar-refractivity contribution in [2.24, 2.45) is 0 Å². The van der Waals surface area contributed by atoms with E-state index in [0.29, 0.717) is 39.3 Å². The lowest BCUT2D eigenvalue weighted by atomic mass is 10.3. The molecule has 1 aromatic rings. The summed E-state index contributed by atoms with van der Waals surface area (Å²) in [7, 11) is 0. The van der Waals surface area contributed by atoms with Gasteiger partial charge in [-0.1, -0.05) is 0 Å². The first kappa shape index (κ1) is 19.1. The highest BCUT2D eigenvalue weighted by Gasteiger charge is 2.23. The molecule has 1 saturated heterocycles. The Morgan fingerprint density at radius 2 is 1.76 bits per heavy atom. The molecule has 1 aliphatic rings. The van der Waals surface area contributed by atoms with Crippen LogP contribution in [0.25, 0.3) is 0 Å². The van der Waals surface area contributed by atoms with Gasteiger partial charge in [-0.3, -0.25) is 9.69 Å². The van der Waals surface area contributed by atoms with Crippen LogP contribution in [0.5, 0.6) is 5.75 Å². The van der Waals surface area contributed by atoms with E-state index in [0.717, 1.165) is 11.4 Å². The number of amides is 2. The van der Waals surface area contributed by atoms with Gasteiger partial charge in [-0.05, 0) is 45.0 Å². The molecule has 0 aromatic heterocycles. The van der Waals surface area contributed by atoms with Crippen molar-refractivity contribution in [2.75, 3.05) is 44.6 Å². The number of carbonyl (C=O) groups is 2. The zero-order valence-electron chi connectivity index (χ0n) is 15.2. The maximum Gasteiger partial charge on any atom is 0.409 e. The third-order valence-corrected chi connectivity index (χ3v) is 3.78. The molecule has 0 radical (unpaired) electrons. The summed E-state index contributed by atoms with van der Waals surface area (Å²) in [5, 5.41) is 2.88. The Kier molecular flexibility index (Phi) is 7.06. The van der Waals surface area contributed by atoms with Gasteiger partial charge in [-0.15, -0.1) is 0 Å². The second kappa shape index (κ2) is 9.27. The quantitative estimate of drug-likeness (QED) is 0.852. The fraction of sp³-hybridized carbons (Fsp3) is 0.556. The monoisotopic (exact) mass is 349 g/mol. The molecule has 138 valence electrons. The van der Waals surface area contributed by atoms with E-state index in [1.807, 2.05) is 43.0 Å². The molecule has 0 saturated carbocycles. The molecule has 7 heteroatoms. The molecule has 7 nitrogen and oxygen atoms in total.